The second kappa shape index (κ2) is 7.40. The van der Waals surface area contributed by atoms with Crippen LogP contribution in [0.15, 0.2) is 0 Å². The van der Waals surface area contributed by atoms with Gasteiger partial charge in [0.05, 0.1) is 0 Å². The maximum atomic E-state index is 12.4. The Morgan fingerprint density at radius 3 is 2.78 bits per heavy atom. The number of rotatable bonds is 7. The van der Waals surface area contributed by atoms with Crippen LogP contribution in [0, 0.1) is 0 Å². The Labute approximate surface area is 110 Å². The number of hydrogen-bond acceptors (Lipinski definition) is 4. The zero-order chi connectivity index (χ0) is 13.6. The molecule has 3 N–H and O–H groups in total. The molecule has 18 heavy (non-hydrogen) atoms. The van der Waals surface area contributed by atoms with E-state index < -0.39 is 10.2 Å². The molecule has 0 aromatic heterocycles. The van der Waals surface area contributed by atoms with Crippen LogP contribution < -0.4 is 5.73 Å². The lowest BCUT2D eigenvalue weighted by molar-refractivity contribution is 0.185. The Kier molecular flexibility index (Phi) is 6.51. The van der Waals surface area contributed by atoms with Crippen molar-refractivity contribution in [1.29, 1.82) is 0 Å². The molecule has 0 radical (unpaired) electrons. The van der Waals surface area contributed by atoms with E-state index in [2.05, 4.69) is 0 Å². The van der Waals surface area contributed by atoms with Crippen molar-refractivity contribution in [2.45, 2.75) is 38.1 Å². The summed E-state index contributed by atoms with van der Waals surface area (Å²) in [6.45, 7) is 1.52. The summed E-state index contributed by atoms with van der Waals surface area (Å²) in [6.07, 6.45) is 3.94. The predicted octanol–water partition coefficient (Wildman–Crippen LogP) is -0.251. The largest absolute Gasteiger partial charge is 0.396 e. The highest BCUT2D eigenvalue weighted by Gasteiger charge is 2.34. The summed E-state index contributed by atoms with van der Waals surface area (Å²) in [6, 6.07) is -0.0610. The lowest BCUT2D eigenvalue weighted by Crippen LogP contribution is -2.50. The van der Waals surface area contributed by atoms with Gasteiger partial charge in [-0.2, -0.15) is 17.0 Å². The number of nitrogens with zero attached hydrogens (tertiary/aromatic N) is 2. The smallest absolute Gasteiger partial charge is 0.281 e. The number of aliphatic hydroxyl groups excluding tert-OH is 1. The first-order chi connectivity index (χ1) is 8.54. The molecule has 0 aromatic carbocycles. The SMILES string of the molecule is CN(CCCN)S(=O)(=O)N1CCCCC1CCO. The summed E-state index contributed by atoms with van der Waals surface area (Å²) in [5, 5.41) is 9.03. The quantitative estimate of drug-likeness (QED) is 0.673. The van der Waals surface area contributed by atoms with Crippen molar-refractivity contribution in [3.8, 4) is 0 Å². The average Bonchev–Trinajstić information content (AvgIpc) is 2.36. The van der Waals surface area contributed by atoms with Crippen LogP contribution in [0.3, 0.4) is 0 Å². The van der Waals surface area contributed by atoms with Gasteiger partial charge in [0.1, 0.15) is 0 Å². The number of nitrogens with two attached hydrogens (primary N) is 1. The molecule has 1 unspecified atom stereocenters. The summed E-state index contributed by atoms with van der Waals surface area (Å²) in [7, 11) is -1.81. The second-order valence-electron chi connectivity index (χ2n) is 4.74. The third-order valence-corrected chi connectivity index (χ3v) is 5.45. The van der Waals surface area contributed by atoms with Gasteiger partial charge in [-0.1, -0.05) is 6.42 Å². The van der Waals surface area contributed by atoms with E-state index in [0.29, 0.717) is 32.5 Å². The minimum Gasteiger partial charge on any atom is -0.396 e. The van der Waals surface area contributed by atoms with E-state index >= 15 is 0 Å². The molecule has 108 valence electrons. The van der Waals surface area contributed by atoms with Crippen LogP contribution in [0.5, 0.6) is 0 Å². The zero-order valence-corrected chi connectivity index (χ0v) is 11.9. The van der Waals surface area contributed by atoms with Gasteiger partial charge in [0.2, 0.25) is 0 Å². The Balaban J connectivity index is 2.73. The Morgan fingerprint density at radius 2 is 2.17 bits per heavy atom. The fourth-order valence-corrected chi connectivity index (χ4v) is 3.99. The highest BCUT2D eigenvalue weighted by molar-refractivity contribution is 7.86. The second-order valence-corrected chi connectivity index (χ2v) is 6.73. The van der Waals surface area contributed by atoms with Gasteiger partial charge in [-0.15, -0.1) is 0 Å². The van der Waals surface area contributed by atoms with Crippen molar-refractivity contribution in [1.82, 2.24) is 8.61 Å². The lowest BCUT2D eigenvalue weighted by atomic mass is 10.0. The molecule has 0 bridgehead atoms. The van der Waals surface area contributed by atoms with Gasteiger partial charge >= 0.3 is 0 Å². The fourth-order valence-electron chi connectivity index (χ4n) is 2.32. The average molecular weight is 279 g/mol. The van der Waals surface area contributed by atoms with Crippen LogP contribution in [0.4, 0.5) is 0 Å². The van der Waals surface area contributed by atoms with Gasteiger partial charge in [-0.05, 0) is 32.2 Å². The molecule has 7 heteroatoms. The molecule has 1 aliphatic heterocycles. The maximum absolute atomic E-state index is 12.4. The van der Waals surface area contributed by atoms with Crippen molar-refractivity contribution in [2.75, 3.05) is 33.3 Å². The predicted molar refractivity (Wildman–Crippen MR) is 71.3 cm³/mol. The summed E-state index contributed by atoms with van der Waals surface area (Å²) in [5.74, 6) is 0. The highest BCUT2D eigenvalue weighted by atomic mass is 32.2. The summed E-state index contributed by atoms with van der Waals surface area (Å²) < 4.78 is 27.7. The van der Waals surface area contributed by atoms with Crippen LogP contribution in [0.25, 0.3) is 0 Å². The van der Waals surface area contributed by atoms with Gasteiger partial charge in [0.15, 0.2) is 0 Å². The van der Waals surface area contributed by atoms with Crippen molar-refractivity contribution < 1.29 is 13.5 Å². The fraction of sp³-hybridized carbons (Fsp3) is 1.00. The van der Waals surface area contributed by atoms with Crippen LogP contribution in [0.2, 0.25) is 0 Å². The van der Waals surface area contributed by atoms with Gasteiger partial charge in [0, 0.05) is 32.8 Å². The molecule has 0 spiro atoms. The topological polar surface area (TPSA) is 86.9 Å². The van der Waals surface area contributed by atoms with Crippen molar-refractivity contribution in [3.05, 3.63) is 0 Å². The van der Waals surface area contributed by atoms with E-state index in [1.54, 1.807) is 11.4 Å². The molecule has 6 nitrogen and oxygen atoms in total. The van der Waals surface area contributed by atoms with Gasteiger partial charge in [-0.3, -0.25) is 0 Å². The molecule has 0 saturated carbocycles. The molecule has 0 amide bonds. The molecular weight excluding hydrogens is 254 g/mol. The molecule has 1 fully saturated rings. The Bertz CT molecular complexity index is 332. The summed E-state index contributed by atoms with van der Waals surface area (Å²) in [4.78, 5) is 0. The van der Waals surface area contributed by atoms with Crippen molar-refractivity contribution >= 4 is 10.2 Å². The molecule has 1 atom stereocenters. The molecule has 0 aromatic rings. The standard InChI is InChI=1S/C11H25N3O3S/c1-13(8-4-7-12)18(16,17)14-9-3-2-5-11(14)6-10-15/h11,15H,2-10,12H2,1H3. The minimum atomic E-state index is -3.41. The Hall–Kier alpha value is -0.210. The molecule has 1 rings (SSSR count). The van der Waals surface area contributed by atoms with Crippen LogP contribution >= 0.6 is 0 Å². The first-order valence-electron chi connectivity index (χ1n) is 6.58. The monoisotopic (exact) mass is 279 g/mol. The third kappa shape index (κ3) is 3.89. The first kappa shape index (κ1) is 15.8. The molecule has 0 aliphatic carbocycles. The van der Waals surface area contributed by atoms with E-state index in [-0.39, 0.29) is 12.6 Å². The van der Waals surface area contributed by atoms with Crippen LogP contribution in [0.1, 0.15) is 32.1 Å². The number of aliphatic hydroxyl groups is 1. The number of piperidine rings is 1. The van der Waals surface area contributed by atoms with E-state index in [0.717, 1.165) is 19.3 Å². The summed E-state index contributed by atoms with van der Waals surface area (Å²) in [5.41, 5.74) is 5.41. The third-order valence-electron chi connectivity index (χ3n) is 3.40. The van der Waals surface area contributed by atoms with E-state index in [1.165, 1.54) is 4.31 Å². The van der Waals surface area contributed by atoms with E-state index in [4.69, 9.17) is 10.8 Å². The lowest BCUT2D eigenvalue weighted by Gasteiger charge is -2.36. The van der Waals surface area contributed by atoms with Crippen molar-refractivity contribution in [3.63, 3.8) is 0 Å². The first-order valence-corrected chi connectivity index (χ1v) is 7.97. The zero-order valence-electron chi connectivity index (χ0n) is 11.1. The van der Waals surface area contributed by atoms with E-state index in [9.17, 15) is 8.42 Å². The van der Waals surface area contributed by atoms with E-state index in [1.807, 2.05) is 0 Å². The molecule has 1 heterocycles. The molecule has 1 saturated heterocycles. The van der Waals surface area contributed by atoms with Gasteiger partial charge in [0.25, 0.3) is 10.2 Å². The van der Waals surface area contributed by atoms with Gasteiger partial charge in [-0.25, -0.2) is 0 Å². The number of hydrogen-bond donors (Lipinski definition) is 2. The summed E-state index contributed by atoms with van der Waals surface area (Å²) >= 11 is 0. The minimum absolute atomic E-state index is 0.0310. The maximum Gasteiger partial charge on any atom is 0.281 e. The molecule has 1 aliphatic rings. The van der Waals surface area contributed by atoms with Gasteiger partial charge < -0.3 is 10.8 Å². The van der Waals surface area contributed by atoms with Crippen LogP contribution in [-0.4, -0.2) is 61.5 Å². The van der Waals surface area contributed by atoms with Crippen molar-refractivity contribution in [2.24, 2.45) is 5.73 Å². The normalized spacial score (nSPS) is 22.6. The molecular formula is C11H25N3O3S. The highest BCUT2D eigenvalue weighted by Crippen LogP contribution is 2.24. The van der Waals surface area contributed by atoms with Crippen LogP contribution in [-0.2, 0) is 10.2 Å². The Morgan fingerprint density at radius 1 is 1.44 bits per heavy atom.